The third-order valence-corrected chi connectivity index (χ3v) is 4.40. The molecule has 25 heavy (non-hydrogen) atoms. The molecule has 1 heterocycles. The summed E-state index contributed by atoms with van der Waals surface area (Å²) in [5, 5.41) is 7.93. The van der Waals surface area contributed by atoms with E-state index < -0.39 is 0 Å². The van der Waals surface area contributed by atoms with Crippen LogP contribution in [0.3, 0.4) is 0 Å². The fourth-order valence-electron chi connectivity index (χ4n) is 2.47. The number of amides is 2. The molecule has 6 nitrogen and oxygen atoms in total. The summed E-state index contributed by atoms with van der Waals surface area (Å²) in [7, 11) is 0. The smallest absolute Gasteiger partial charge is 0.271 e. The number of anilines is 1. The maximum Gasteiger partial charge on any atom is 0.271 e. The van der Waals surface area contributed by atoms with E-state index in [2.05, 4.69) is 15.6 Å². The predicted molar refractivity (Wildman–Crippen MR) is 104 cm³/mol. The molecular weight excluding hydrogens is 360 g/mol. The highest BCUT2D eigenvalue weighted by atomic mass is 35.5. The number of thiazole rings is 1. The molecule has 0 unspecified atom stereocenters. The molecule has 1 aromatic heterocycles. The van der Waals surface area contributed by atoms with E-state index in [4.69, 9.17) is 5.73 Å². The van der Waals surface area contributed by atoms with Gasteiger partial charge in [-0.15, -0.1) is 23.7 Å². The molecule has 0 radical (unpaired) electrons. The quantitative estimate of drug-likeness (QED) is 0.714. The third-order valence-electron chi connectivity index (χ3n) is 3.49. The minimum Gasteiger partial charge on any atom is -0.342 e. The molecule has 8 heteroatoms. The fraction of sp³-hybridized carbons (Fsp3) is 0.353. The molecule has 136 valence electrons. The molecule has 2 rings (SSSR count). The van der Waals surface area contributed by atoms with Crippen LogP contribution in [0.2, 0.25) is 0 Å². The number of benzene rings is 1. The summed E-state index contributed by atoms with van der Waals surface area (Å²) in [5.41, 5.74) is 9.72. The molecule has 0 saturated heterocycles. The Kier molecular flexibility index (Phi) is 8.02. The zero-order valence-corrected chi connectivity index (χ0v) is 16.1. The first-order valence-corrected chi connectivity index (χ1v) is 8.59. The molecule has 0 spiro atoms. The van der Waals surface area contributed by atoms with Gasteiger partial charge >= 0.3 is 0 Å². The Morgan fingerprint density at radius 3 is 2.44 bits per heavy atom. The number of nitrogens with one attached hydrogen (secondary N) is 2. The van der Waals surface area contributed by atoms with E-state index in [9.17, 15) is 9.59 Å². The average molecular weight is 383 g/mol. The predicted octanol–water partition coefficient (Wildman–Crippen LogP) is 2.36. The monoisotopic (exact) mass is 382 g/mol. The van der Waals surface area contributed by atoms with Crippen LogP contribution in [0.15, 0.2) is 17.5 Å². The molecule has 0 aliphatic carbocycles. The number of carbonyl (C=O) groups is 2. The maximum atomic E-state index is 12.1. The van der Waals surface area contributed by atoms with Crippen LogP contribution in [-0.4, -0.2) is 29.9 Å². The fourth-order valence-corrected chi connectivity index (χ4v) is 3.26. The second kappa shape index (κ2) is 9.50. The van der Waals surface area contributed by atoms with Crippen molar-refractivity contribution >= 4 is 41.2 Å². The van der Waals surface area contributed by atoms with Gasteiger partial charge in [-0.2, -0.15) is 0 Å². The Morgan fingerprint density at radius 2 is 1.84 bits per heavy atom. The van der Waals surface area contributed by atoms with Crippen molar-refractivity contribution < 1.29 is 9.59 Å². The van der Waals surface area contributed by atoms with Crippen LogP contribution >= 0.6 is 23.7 Å². The Bertz CT molecular complexity index is 738. The van der Waals surface area contributed by atoms with E-state index in [-0.39, 0.29) is 30.8 Å². The molecule has 0 saturated carbocycles. The number of nitrogens with two attached hydrogens (primary N) is 1. The van der Waals surface area contributed by atoms with Crippen molar-refractivity contribution in [3.8, 4) is 0 Å². The minimum atomic E-state index is -0.359. The van der Waals surface area contributed by atoms with Gasteiger partial charge in [0.05, 0.1) is 11.6 Å². The molecule has 0 aliphatic heterocycles. The van der Waals surface area contributed by atoms with Crippen LogP contribution in [0.5, 0.6) is 0 Å². The summed E-state index contributed by atoms with van der Waals surface area (Å²) in [6.45, 7) is 6.30. The van der Waals surface area contributed by atoms with Gasteiger partial charge in [-0.25, -0.2) is 4.98 Å². The van der Waals surface area contributed by atoms with Gasteiger partial charge in [-0.1, -0.05) is 17.7 Å². The van der Waals surface area contributed by atoms with E-state index >= 15 is 0 Å². The minimum absolute atomic E-state index is 0. The molecule has 0 atom stereocenters. The molecule has 0 aliphatic rings. The van der Waals surface area contributed by atoms with E-state index in [0.29, 0.717) is 18.7 Å². The van der Waals surface area contributed by atoms with Crippen molar-refractivity contribution in [2.24, 2.45) is 5.73 Å². The number of aromatic nitrogens is 1. The Hall–Kier alpha value is -1.96. The zero-order valence-electron chi connectivity index (χ0n) is 14.5. The normalized spacial score (nSPS) is 10.1. The number of aryl methyl sites for hydroxylation is 3. The molecule has 2 amide bonds. The van der Waals surface area contributed by atoms with Gasteiger partial charge in [0.2, 0.25) is 5.91 Å². The number of hydrogen-bond donors (Lipinski definition) is 3. The Morgan fingerprint density at radius 1 is 1.20 bits per heavy atom. The summed E-state index contributed by atoms with van der Waals surface area (Å²) in [6.07, 6.45) is 0.643. The summed E-state index contributed by atoms with van der Waals surface area (Å²) in [4.78, 5) is 28.3. The van der Waals surface area contributed by atoms with Gasteiger partial charge in [0.15, 0.2) is 0 Å². The third kappa shape index (κ3) is 5.81. The van der Waals surface area contributed by atoms with Crippen LogP contribution in [0, 0.1) is 20.8 Å². The van der Waals surface area contributed by atoms with Crippen LogP contribution in [-0.2, 0) is 11.2 Å². The number of halogens is 1. The van der Waals surface area contributed by atoms with E-state index in [1.807, 2.05) is 32.9 Å². The lowest BCUT2D eigenvalue weighted by Crippen LogP contribution is -2.33. The second-order valence-electron chi connectivity index (χ2n) is 5.67. The summed E-state index contributed by atoms with van der Waals surface area (Å²) < 4.78 is 0. The van der Waals surface area contributed by atoms with Crippen molar-refractivity contribution in [3.05, 3.63) is 44.9 Å². The number of nitrogens with zero attached hydrogens (tertiary/aromatic N) is 1. The van der Waals surface area contributed by atoms with Crippen LogP contribution in [0.25, 0.3) is 0 Å². The van der Waals surface area contributed by atoms with Gasteiger partial charge in [0, 0.05) is 17.5 Å². The van der Waals surface area contributed by atoms with Crippen molar-refractivity contribution in [1.82, 2.24) is 10.3 Å². The first kappa shape index (κ1) is 21.1. The van der Waals surface area contributed by atoms with Gasteiger partial charge < -0.3 is 16.4 Å². The van der Waals surface area contributed by atoms with E-state index in [1.54, 1.807) is 5.38 Å². The summed E-state index contributed by atoms with van der Waals surface area (Å²) in [5.74, 6) is -0.627. The van der Waals surface area contributed by atoms with Gasteiger partial charge in [-0.05, 0) is 38.4 Å². The first-order chi connectivity index (χ1) is 11.4. The van der Waals surface area contributed by atoms with Crippen LogP contribution in [0.4, 0.5) is 5.69 Å². The summed E-state index contributed by atoms with van der Waals surface area (Å²) in [6, 6.07) is 4.02. The average Bonchev–Trinajstić information content (AvgIpc) is 2.97. The topological polar surface area (TPSA) is 97.1 Å². The van der Waals surface area contributed by atoms with E-state index in [1.165, 1.54) is 11.3 Å². The molecule has 1 aromatic carbocycles. The number of carbonyl (C=O) groups excluding carboxylic acids is 2. The van der Waals surface area contributed by atoms with Gasteiger partial charge in [-0.3, -0.25) is 9.59 Å². The molecule has 0 fully saturated rings. The Labute approximate surface area is 157 Å². The highest BCUT2D eigenvalue weighted by molar-refractivity contribution is 7.09. The van der Waals surface area contributed by atoms with E-state index in [0.717, 1.165) is 27.4 Å². The zero-order chi connectivity index (χ0) is 17.7. The van der Waals surface area contributed by atoms with Crippen molar-refractivity contribution in [1.29, 1.82) is 0 Å². The van der Waals surface area contributed by atoms with Crippen molar-refractivity contribution in [2.75, 3.05) is 18.4 Å². The van der Waals surface area contributed by atoms with Gasteiger partial charge in [0.1, 0.15) is 5.69 Å². The first-order valence-electron chi connectivity index (χ1n) is 7.71. The highest BCUT2D eigenvalue weighted by Crippen LogP contribution is 2.21. The van der Waals surface area contributed by atoms with Gasteiger partial charge in [0.25, 0.3) is 5.91 Å². The van der Waals surface area contributed by atoms with Crippen LogP contribution < -0.4 is 16.4 Å². The highest BCUT2D eigenvalue weighted by Gasteiger charge is 2.13. The largest absolute Gasteiger partial charge is 0.342 e. The summed E-state index contributed by atoms with van der Waals surface area (Å²) >= 11 is 1.39. The number of hydrogen-bond acceptors (Lipinski definition) is 5. The Balaban J connectivity index is 0.00000312. The lowest BCUT2D eigenvalue weighted by Gasteiger charge is -2.13. The molecule has 4 N–H and O–H groups in total. The SMILES string of the molecule is Cc1cc(C)c(NC(=O)CNC(=O)c2csc(CCN)n2)c(C)c1.Cl. The lowest BCUT2D eigenvalue weighted by molar-refractivity contribution is -0.115. The molecule has 2 aromatic rings. The van der Waals surface area contributed by atoms with Crippen molar-refractivity contribution in [2.45, 2.75) is 27.2 Å². The van der Waals surface area contributed by atoms with Crippen LogP contribution in [0.1, 0.15) is 32.2 Å². The standard InChI is InChI=1S/C17H22N4O2S.ClH/c1-10-6-11(2)16(12(3)7-10)21-14(22)8-19-17(23)13-9-24-15(20-13)4-5-18;/h6-7,9H,4-5,8,18H2,1-3H3,(H,19,23)(H,21,22);1H. The molecule has 0 bridgehead atoms. The number of rotatable bonds is 6. The lowest BCUT2D eigenvalue weighted by atomic mass is 10.1. The maximum absolute atomic E-state index is 12.1. The molecular formula is C17H23ClN4O2S. The van der Waals surface area contributed by atoms with Crippen molar-refractivity contribution in [3.63, 3.8) is 0 Å². The second-order valence-corrected chi connectivity index (χ2v) is 6.61.